The molecule has 2 heteroatoms. The van der Waals surface area contributed by atoms with Crippen LogP contribution < -0.4 is 5.73 Å². The molecule has 74 valence electrons. The normalized spacial score (nSPS) is 13.1. The van der Waals surface area contributed by atoms with Crippen LogP contribution in [0.25, 0.3) is 0 Å². The van der Waals surface area contributed by atoms with Crippen LogP contribution >= 0.6 is 11.3 Å². The maximum Gasteiger partial charge on any atom is -0.00584 e. The molecular formula is C11H19NS. The molecule has 0 aliphatic heterocycles. The quantitative estimate of drug-likeness (QED) is 0.743. The van der Waals surface area contributed by atoms with Crippen molar-refractivity contribution in [2.24, 2.45) is 5.73 Å². The Hall–Kier alpha value is -0.340. The summed E-state index contributed by atoms with van der Waals surface area (Å²) >= 11 is 1.80. The summed E-state index contributed by atoms with van der Waals surface area (Å²) < 4.78 is 0. The summed E-state index contributed by atoms with van der Waals surface area (Å²) in [6, 6.07) is 2.25. The zero-order chi connectivity index (χ0) is 9.52. The van der Waals surface area contributed by atoms with E-state index < -0.39 is 0 Å². The Balaban J connectivity index is 2.47. The molecule has 1 rings (SSSR count). The molecule has 1 heterocycles. The molecule has 13 heavy (non-hydrogen) atoms. The highest BCUT2D eigenvalue weighted by atomic mass is 32.1. The fourth-order valence-electron chi connectivity index (χ4n) is 1.70. The highest BCUT2D eigenvalue weighted by molar-refractivity contribution is 7.07. The lowest BCUT2D eigenvalue weighted by Crippen LogP contribution is -2.03. The lowest BCUT2D eigenvalue weighted by atomic mass is 9.92. The van der Waals surface area contributed by atoms with Gasteiger partial charge >= 0.3 is 0 Å². The summed E-state index contributed by atoms with van der Waals surface area (Å²) in [6.45, 7) is 3.08. The number of thiophene rings is 1. The van der Waals surface area contributed by atoms with Crippen molar-refractivity contribution in [3.63, 3.8) is 0 Å². The number of hydrogen-bond acceptors (Lipinski definition) is 2. The van der Waals surface area contributed by atoms with E-state index in [0.717, 1.165) is 18.9 Å². The summed E-state index contributed by atoms with van der Waals surface area (Å²) in [5.41, 5.74) is 7.04. The predicted molar refractivity (Wildman–Crippen MR) is 60.3 cm³/mol. The molecule has 0 aliphatic carbocycles. The van der Waals surface area contributed by atoms with Crippen molar-refractivity contribution in [3.8, 4) is 0 Å². The van der Waals surface area contributed by atoms with Gasteiger partial charge in [-0.05, 0) is 54.1 Å². The molecule has 1 atom stereocenters. The topological polar surface area (TPSA) is 26.0 Å². The minimum atomic E-state index is 0.750. The summed E-state index contributed by atoms with van der Waals surface area (Å²) in [5, 5.41) is 4.44. The molecule has 0 bridgehead atoms. The molecule has 1 unspecified atom stereocenters. The van der Waals surface area contributed by atoms with Crippen LogP contribution in [0.15, 0.2) is 16.8 Å². The summed E-state index contributed by atoms with van der Waals surface area (Å²) in [5.74, 6) is 0.750. The third-order valence-corrected chi connectivity index (χ3v) is 3.11. The zero-order valence-electron chi connectivity index (χ0n) is 8.33. The van der Waals surface area contributed by atoms with Crippen LogP contribution in [-0.4, -0.2) is 6.54 Å². The first kappa shape index (κ1) is 10.7. The summed E-state index contributed by atoms with van der Waals surface area (Å²) in [4.78, 5) is 0. The van der Waals surface area contributed by atoms with Crippen LogP contribution in [0.2, 0.25) is 0 Å². The maximum absolute atomic E-state index is 5.53. The van der Waals surface area contributed by atoms with Gasteiger partial charge in [0.05, 0.1) is 0 Å². The van der Waals surface area contributed by atoms with E-state index in [4.69, 9.17) is 5.73 Å². The molecule has 0 aliphatic rings. The van der Waals surface area contributed by atoms with Crippen molar-refractivity contribution in [1.82, 2.24) is 0 Å². The van der Waals surface area contributed by atoms with Crippen LogP contribution in [0.4, 0.5) is 0 Å². The largest absolute Gasteiger partial charge is 0.330 e. The van der Waals surface area contributed by atoms with Gasteiger partial charge in [-0.2, -0.15) is 11.3 Å². The fraction of sp³-hybridized carbons (Fsp3) is 0.636. The first-order valence-corrected chi connectivity index (χ1v) is 6.05. The van der Waals surface area contributed by atoms with E-state index in [2.05, 4.69) is 23.8 Å². The Morgan fingerprint density at radius 3 is 2.85 bits per heavy atom. The second-order valence-electron chi connectivity index (χ2n) is 3.47. The van der Waals surface area contributed by atoms with Gasteiger partial charge in [0, 0.05) is 0 Å². The monoisotopic (exact) mass is 197 g/mol. The van der Waals surface area contributed by atoms with Crippen molar-refractivity contribution in [3.05, 3.63) is 22.4 Å². The van der Waals surface area contributed by atoms with Crippen molar-refractivity contribution < 1.29 is 0 Å². The maximum atomic E-state index is 5.53. The highest BCUT2D eigenvalue weighted by Crippen LogP contribution is 2.27. The number of rotatable bonds is 6. The second-order valence-corrected chi connectivity index (χ2v) is 4.25. The van der Waals surface area contributed by atoms with Gasteiger partial charge < -0.3 is 5.73 Å². The Kier molecular flexibility index (Phi) is 5.09. The molecule has 0 saturated heterocycles. The average Bonchev–Trinajstić information content (AvgIpc) is 2.65. The Morgan fingerprint density at radius 2 is 2.31 bits per heavy atom. The van der Waals surface area contributed by atoms with Gasteiger partial charge in [0.25, 0.3) is 0 Å². The number of hydrogen-bond donors (Lipinski definition) is 1. The molecule has 0 radical (unpaired) electrons. The lowest BCUT2D eigenvalue weighted by Gasteiger charge is -2.13. The van der Waals surface area contributed by atoms with E-state index in [1.807, 2.05) is 0 Å². The van der Waals surface area contributed by atoms with E-state index in [-0.39, 0.29) is 0 Å². The molecule has 0 saturated carbocycles. The zero-order valence-corrected chi connectivity index (χ0v) is 9.15. The van der Waals surface area contributed by atoms with E-state index in [1.54, 1.807) is 11.3 Å². The van der Waals surface area contributed by atoms with Gasteiger partial charge in [-0.25, -0.2) is 0 Å². The van der Waals surface area contributed by atoms with E-state index in [0.29, 0.717) is 0 Å². The molecule has 2 N–H and O–H groups in total. The third kappa shape index (κ3) is 3.49. The van der Waals surface area contributed by atoms with E-state index in [9.17, 15) is 0 Å². The first-order chi connectivity index (χ1) is 6.38. The van der Waals surface area contributed by atoms with Gasteiger partial charge in [-0.1, -0.05) is 13.3 Å². The smallest absolute Gasteiger partial charge is 0.00584 e. The second kappa shape index (κ2) is 6.17. The Morgan fingerprint density at radius 1 is 1.46 bits per heavy atom. The van der Waals surface area contributed by atoms with Crippen molar-refractivity contribution in [2.45, 2.75) is 38.5 Å². The molecule has 1 aromatic rings. The minimum absolute atomic E-state index is 0.750. The average molecular weight is 197 g/mol. The standard InChI is InChI=1S/C11H19NS/c1-2-4-10(5-3-7-12)11-6-8-13-9-11/h6,8-10H,2-5,7,12H2,1H3. The van der Waals surface area contributed by atoms with Gasteiger partial charge in [-0.3, -0.25) is 0 Å². The molecule has 0 spiro atoms. The SMILES string of the molecule is CCCC(CCCN)c1ccsc1. The van der Waals surface area contributed by atoms with Crippen molar-refractivity contribution in [1.29, 1.82) is 0 Å². The highest BCUT2D eigenvalue weighted by Gasteiger charge is 2.09. The third-order valence-electron chi connectivity index (χ3n) is 2.41. The molecule has 0 aromatic carbocycles. The first-order valence-electron chi connectivity index (χ1n) is 5.10. The van der Waals surface area contributed by atoms with Gasteiger partial charge in [-0.15, -0.1) is 0 Å². The van der Waals surface area contributed by atoms with Gasteiger partial charge in [0.1, 0.15) is 0 Å². The van der Waals surface area contributed by atoms with Gasteiger partial charge in [0.2, 0.25) is 0 Å². The van der Waals surface area contributed by atoms with Crippen molar-refractivity contribution >= 4 is 11.3 Å². The lowest BCUT2D eigenvalue weighted by molar-refractivity contribution is 0.551. The molecule has 0 fully saturated rings. The van der Waals surface area contributed by atoms with Gasteiger partial charge in [0.15, 0.2) is 0 Å². The van der Waals surface area contributed by atoms with Crippen LogP contribution in [0, 0.1) is 0 Å². The molecule has 1 nitrogen and oxygen atoms in total. The summed E-state index contributed by atoms with van der Waals surface area (Å²) in [6.07, 6.45) is 4.98. The number of nitrogens with two attached hydrogens (primary N) is 1. The molecule has 1 aromatic heterocycles. The van der Waals surface area contributed by atoms with Crippen molar-refractivity contribution in [2.75, 3.05) is 6.54 Å². The molecular weight excluding hydrogens is 178 g/mol. The predicted octanol–water partition coefficient (Wildman–Crippen LogP) is 3.37. The van der Waals surface area contributed by atoms with Crippen LogP contribution in [0.5, 0.6) is 0 Å². The van der Waals surface area contributed by atoms with Crippen LogP contribution in [0.3, 0.4) is 0 Å². The summed E-state index contributed by atoms with van der Waals surface area (Å²) in [7, 11) is 0. The van der Waals surface area contributed by atoms with E-state index >= 15 is 0 Å². The minimum Gasteiger partial charge on any atom is -0.330 e. The molecule has 0 amide bonds. The van der Waals surface area contributed by atoms with Crippen LogP contribution in [-0.2, 0) is 0 Å². The Labute approximate surface area is 85.0 Å². The van der Waals surface area contributed by atoms with Crippen LogP contribution in [0.1, 0.15) is 44.1 Å². The fourth-order valence-corrected chi connectivity index (χ4v) is 2.44. The van der Waals surface area contributed by atoms with E-state index in [1.165, 1.54) is 24.8 Å². The Bertz CT molecular complexity index is 206.